The minimum atomic E-state index is -4.62. The molecule has 0 N–H and O–H groups in total. The van der Waals surface area contributed by atoms with Gasteiger partial charge >= 0.3 is 35.7 Å². The van der Waals surface area contributed by atoms with Crippen LogP contribution in [0.3, 0.4) is 0 Å². The van der Waals surface area contributed by atoms with Gasteiger partial charge in [0.25, 0.3) is 0 Å². The van der Waals surface area contributed by atoms with Gasteiger partial charge in [0.15, 0.2) is 11.5 Å². The van der Waals surface area contributed by atoms with E-state index in [9.17, 15) is 23.1 Å². The van der Waals surface area contributed by atoms with E-state index in [1.165, 1.54) is 6.42 Å². The second-order valence-corrected chi connectivity index (χ2v) is 7.58. The third kappa shape index (κ3) is 8.26. The molecule has 1 aromatic heterocycles. The van der Waals surface area contributed by atoms with Crippen molar-refractivity contribution in [2.24, 2.45) is 5.92 Å². The van der Waals surface area contributed by atoms with Gasteiger partial charge in [0.05, 0.1) is 13.2 Å². The van der Waals surface area contributed by atoms with Gasteiger partial charge in [-0.3, -0.25) is 0 Å². The summed E-state index contributed by atoms with van der Waals surface area (Å²) in [5.74, 6) is -0.540. The predicted molar refractivity (Wildman–Crippen MR) is 104 cm³/mol. The zero-order chi connectivity index (χ0) is 22.3. The van der Waals surface area contributed by atoms with E-state index in [4.69, 9.17) is 9.47 Å². The molecule has 0 atom stereocenters. The number of carbonyl (C=O) groups is 1. The minimum absolute atomic E-state index is 0. The number of hydrogen-bond acceptors (Lipinski definition) is 6. The van der Waals surface area contributed by atoms with Gasteiger partial charge in [-0.25, -0.2) is 4.98 Å². The summed E-state index contributed by atoms with van der Waals surface area (Å²) in [7, 11) is 0. The molecule has 1 aliphatic rings. The summed E-state index contributed by atoms with van der Waals surface area (Å²) in [6.45, 7) is 0.527. The first-order valence-electron chi connectivity index (χ1n) is 10.3. The summed E-state index contributed by atoms with van der Waals surface area (Å²) in [6, 6.07) is 7.07. The van der Waals surface area contributed by atoms with Crippen molar-refractivity contribution in [3.63, 3.8) is 0 Å². The number of nitrogens with zero attached hydrogens (tertiary/aromatic N) is 2. The van der Waals surface area contributed by atoms with E-state index in [1.54, 1.807) is 24.3 Å². The molecule has 1 aromatic carbocycles. The molecule has 1 heterocycles. The number of alkyl halides is 3. The molecule has 32 heavy (non-hydrogen) atoms. The van der Waals surface area contributed by atoms with E-state index in [1.807, 2.05) is 0 Å². The average Bonchev–Trinajstić information content (AvgIpc) is 2.75. The summed E-state index contributed by atoms with van der Waals surface area (Å²) < 4.78 is 51.1. The quantitative estimate of drug-likeness (QED) is 0.411. The standard InChI is InChI=1S/C22H25F3N2O4.Na/c23-22(24,25)18-13-19(31-14-15-5-2-1-3-6-15)27-21(26-18)16-8-10-17(11-9-16)30-12-4-7-20(28)29;/h8-11,13,15H,1-7,12,14H2,(H,28,29);/q;+1/p-1. The average molecular weight is 460 g/mol. The molecule has 0 aliphatic heterocycles. The number of carboxylic acids is 1. The number of carboxylic acid groups (broad SMARTS) is 1. The Morgan fingerprint density at radius 1 is 1.06 bits per heavy atom. The molecule has 6 nitrogen and oxygen atoms in total. The van der Waals surface area contributed by atoms with Gasteiger partial charge < -0.3 is 19.4 Å². The van der Waals surface area contributed by atoms with E-state index in [0.29, 0.717) is 30.3 Å². The van der Waals surface area contributed by atoms with Crippen LogP contribution in [0.2, 0.25) is 0 Å². The second-order valence-electron chi connectivity index (χ2n) is 7.58. The molecule has 1 aliphatic carbocycles. The zero-order valence-electron chi connectivity index (χ0n) is 18.0. The molecular formula is C22H24F3N2NaO4. The molecule has 3 rings (SSSR count). The Labute approximate surface area is 206 Å². The van der Waals surface area contributed by atoms with Gasteiger partial charge in [0.2, 0.25) is 5.88 Å². The number of benzene rings is 1. The number of halogens is 3. The van der Waals surface area contributed by atoms with Crippen LogP contribution < -0.4 is 44.1 Å². The molecule has 0 spiro atoms. The van der Waals surface area contributed by atoms with Crippen LogP contribution in [0.25, 0.3) is 11.4 Å². The first-order chi connectivity index (χ1) is 14.8. The Hall–Kier alpha value is -1.84. The van der Waals surface area contributed by atoms with Crippen LogP contribution in [-0.2, 0) is 11.0 Å². The molecule has 0 amide bonds. The van der Waals surface area contributed by atoms with Crippen LogP contribution in [0.1, 0.15) is 50.6 Å². The molecule has 0 saturated heterocycles. The van der Waals surface area contributed by atoms with Gasteiger partial charge in [-0.1, -0.05) is 19.3 Å². The third-order valence-corrected chi connectivity index (χ3v) is 5.09. The van der Waals surface area contributed by atoms with Crippen molar-refractivity contribution in [1.29, 1.82) is 0 Å². The maximum Gasteiger partial charge on any atom is 1.00 e. The smallest absolute Gasteiger partial charge is 0.550 e. The van der Waals surface area contributed by atoms with Gasteiger partial charge in [0.1, 0.15) is 5.75 Å². The number of hydrogen-bond donors (Lipinski definition) is 0. The van der Waals surface area contributed by atoms with Gasteiger partial charge in [-0.15, -0.1) is 0 Å². The first-order valence-corrected chi connectivity index (χ1v) is 10.3. The van der Waals surface area contributed by atoms with Crippen LogP contribution in [0.15, 0.2) is 30.3 Å². The third-order valence-electron chi connectivity index (χ3n) is 5.09. The van der Waals surface area contributed by atoms with Gasteiger partial charge in [0, 0.05) is 17.6 Å². The van der Waals surface area contributed by atoms with E-state index in [-0.39, 0.29) is 54.3 Å². The molecule has 10 heteroatoms. The van der Waals surface area contributed by atoms with Crippen molar-refractivity contribution in [2.75, 3.05) is 13.2 Å². The predicted octanol–water partition coefficient (Wildman–Crippen LogP) is 1.03. The Balaban J connectivity index is 0.00000363. The summed E-state index contributed by atoms with van der Waals surface area (Å²) in [6.07, 6.45) is 0.980. The van der Waals surface area contributed by atoms with Crippen molar-refractivity contribution in [2.45, 2.75) is 51.1 Å². The van der Waals surface area contributed by atoms with Crippen LogP contribution in [0.5, 0.6) is 11.6 Å². The Bertz CT molecular complexity index is 872. The van der Waals surface area contributed by atoms with Crippen molar-refractivity contribution in [3.8, 4) is 23.0 Å². The maximum absolute atomic E-state index is 13.3. The van der Waals surface area contributed by atoms with Crippen LogP contribution in [-0.4, -0.2) is 29.2 Å². The number of aliphatic carboxylic acids is 1. The Kier molecular flexibility index (Phi) is 10.2. The number of rotatable bonds is 9. The summed E-state index contributed by atoms with van der Waals surface area (Å²) >= 11 is 0. The van der Waals surface area contributed by atoms with Crippen molar-refractivity contribution in [3.05, 3.63) is 36.0 Å². The summed E-state index contributed by atoms with van der Waals surface area (Å²) in [5, 5.41) is 10.4. The SMILES string of the molecule is O=C([O-])CCCOc1ccc(-c2nc(OCC3CCCCC3)cc(C(F)(F)F)n2)cc1.[Na+]. The van der Waals surface area contributed by atoms with Crippen LogP contribution in [0, 0.1) is 5.92 Å². The molecular weight excluding hydrogens is 436 g/mol. The maximum atomic E-state index is 13.3. The van der Waals surface area contributed by atoms with Crippen molar-refractivity contribution >= 4 is 5.97 Å². The van der Waals surface area contributed by atoms with Crippen molar-refractivity contribution in [1.82, 2.24) is 9.97 Å². The Morgan fingerprint density at radius 3 is 2.38 bits per heavy atom. The molecule has 0 unspecified atom stereocenters. The van der Waals surface area contributed by atoms with E-state index in [2.05, 4.69) is 9.97 Å². The number of carbonyl (C=O) groups excluding carboxylic acids is 1. The van der Waals surface area contributed by atoms with Crippen LogP contribution in [0.4, 0.5) is 13.2 Å². The topological polar surface area (TPSA) is 84.4 Å². The first kappa shape index (κ1) is 26.4. The molecule has 1 saturated carbocycles. The molecule has 0 radical (unpaired) electrons. The van der Waals surface area contributed by atoms with Crippen LogP contribution >= 0.6 is 0 Å². The monoisotopic (exact) mass is 460 g/mol. The molecule has 168 valence electrons. The molecule has 2 aromatic rings. The molecule has 0 bridgehead atoms. The number of ether oxygens (including phenoxy) is 2. The zero-order valence-corrected chi connectivity index (χ0v) is 20.0. The summed E-state index contributed by atoms with van der Waals surface area (Å²) in [5.41, 5.74) is -0.672. The van der Waals surface area contributed by atoms with E-state index < -0.39 is 17.8 Å². The van der Waals surface area contributed by atoms with E-state index >= 15 is 0 Å². The molecule has 1 fully saturated rings. The number of aromatic nitrogens is 2. The second kappa shape index (κ2) is 12.4. The largest absolute Gasteiger partial charge is 1.00 e. The summed E-state index contributed by atoms with van der Waals surface area (Å²) in [4.78, 5) is 18.2. The fraction of sp³-hybridized carbons (Fsp3) is 0.500. The van der Waals surface area contributed by atoms with Crippen molar-refractivity contribution < 1.29 is 62.1 Å². The fourth-order valence-electron chi connectivity index (χ4n) is 3.44. The fourth-order valence-corrected chi connectivity index (χ4v) is 3.44. The minimum Gasteiger partial charge on any atom is -0.550 e. The normalized spacial score (nSPS) is 14.5. The Morgan fingerprint density at radius 2 is 1.75 bits per heavy atom. The van der Waals surface area contributed by atoms with E-state index in [0.717, 1.165) is 31.7 Å². The van der Waals surface area contributed by atoms with Gasteiger partial charge in [-0.05, 0) is 55.9 Å². The van der Waals surface area contributed by atoms with Gasteiger partial charge in [-0.2, -0.15) is 18.2 Å².